The van der Waals surface area contributed by atoms with Crippen molar-refractivity contribution < 1.29 is 37.1 Å². The molecule has 1 aliphatic carbocycles. The van der Waals surface area contributed by atoms with E-state index in [9.17, 15) is 37.1 Å². The van der Waals surface area contributed by atoms with E-state index >= 15 is 0 Å². The molecule has 1 aliphatic heterocycles. The Morgan fingerprint density at radius 3 is 2.12 bits per heavy atom. The number of carboxylic acid groups (broad SMARTS) is 1. The lowest BCUT2D eigenvalue weighted by Crippen LogP contribution is -2.48. The van der Waals surface area contributed by atoms with Crippen molar-refractivity contribution in [3.63, 3.8) is 0 Å². The summed E-state index contributed by atoms with van der Waals surface area (Å²) < 4.78 is 54.2. The van der Waals surface area contributed by atoms with Gasteiger partial charge in [-0.25, -0.2) is 14.0 Å². The number of alkyl halides is 3. The summed E-state index contributed by atoms with van der Waals surface area (Å²) in [5.41, 5.74) is -0.131. The predicted octanol–water partition coefficient (Wildman–Crippen LogP) is 6.26. The standard InChI is InChI=1S/C29H33BrF4N4O4/c1-35(23-13-19(29(32,33)34)12-20(30)14-23)27(40)37(3)25-16-38(15-24(25)17-4-8-21(31)9-5-17)26(39)18-6-10-22(11-7-18)36(2)28(41)42/h4-5,8-9,12-14,18,22,24-25H,6-7,10-11,15-16H2,1-3H3,(H,41,42)/t18-,22-,24-,25+/m0/s1. The first-order chi connectivity index (χ1) is 19.7. The van der Waals surface area contributed by atoms with Gasteiger partial charge in [-0.15, -0.1) is 0 Å². The molecule has 228 valence electrons. The van der Waals surface area contributed by atoms with E-state index in [0.29, 0.717) is 25.7 Å². The van der Waals surface area contributed by atoms with Gasteiger partial charge >= 0.3 is 18.3 Å². The van der Waals surface area contributed by atoms with Crippen molar-refractivity contribution in [3.05, 3.63) is 63.9 Å². The number of hydrogen-bond acceptors (Lipinski definition) is 3. The number of hydrogen-bond donors (Lipinski definition) is 1. The van der Waals surface area contributed by atoms with E-state index in [1.807, 2.05) is 0 Å². The van der Waals surface area contributed by atoms with Gasteiger partial charge in [0.2, 0.25) is 5.91 Å². The molecule has 1 saturated heterocycles. The maximum absolute atomic E-state index is 13.7. The quantitative estimate of drug-likeness (QED) is 0.385. The molecular weight excluding hydrogens is 624 g/mol. The van der Waals surface area contributed by atoms with E-state index in [4.69, 9.17) is 0 Å². The van der Waals surface area contributed by atoms with Crippen LogP contribution in [0.5, 0.6) is 0 Å². The van der Waals surface area contributed by atoms with Crippen LogP contribution >= 0.6 is 15.9 Å². The number of likely N-dealkylation sites (tertiary alicyclic amines) is 1. The normalized spacial score (nSPS) is 22.5. The zero-order valence-electron chi connectivity index (χ0n) is 23.4. The largest absolute Gasteiger partial charge is 0.465 e. The zero-order valence-corrected chi connectivity index (χ0v) is 25.0. The monoisotopic (exact) mass is 656 g/mol. The fourth-order valence-electron chi connectivity index (χ4n) is 5.94. The van der Waals surface area contributed by atoms with Gasteiger partial charge in [-0.05, 0) is 61.6 Å². The molecule has 2 aliphatic rings. The Hall–Kier alpha value is -3.35. The van der Waals surface area contributed by atoms with Crippen molar-refractivity contribution in [2.45, 2.75) is 49.9 Å². The van der Waals surface area contributed by atoms with Crippen LogP contribution in [0.2, 0.25) is 0 Å². The molecule has 0 aromatic heterocycles. The van der Waals surface area contributed by atoms with Crippen molar-refractivity contribution in [1.29, 1.82) is 0 Å². The third kappa shape index (κ3) is 6.82. The second-order valence-electron chi connectivity index (χ2n) is 11.0. The number of carbonyl (C=O) groups is 3. The van der Waals surface area contributed by atoms with Crippen molar-refractivity contribution in [1.82, 2.24) is 14.7 Å². The zero-order chi connectivity index (χ0) is 30.9. The van der Waals surface area contributed by atoms with E-state index in [0.717, 1.165) is 22.6 Å². The lowest BCUT2D eigenvalue weighted by atomic mass is 9.84. The molecule has 1 N–H and O–H groups in total. The minimum atomic E-state index is -4.60. The molecule has 42 heavy (non-hydrogen) atoms. The fraction of sp³-hybridized carbons (Fsp3) is 0.483. The summed E-state index contributed by atoms with van der Waals surface area (Å²) in [6.45, 7) is 0.471. The van der Waals surface area contributed by atoms with E-state index in [-0.39, 0.29) is 47.0 Å². The number of benzene rings is 2. The van der Waals surface area contributed by atoms with Gasteiger partial charge < -0.3 is 19.8 Å². The Bertz CT molecular complexity index is 1320. The summed E-state index contributed by atoms with van der Waals surface area (Å²) in [4.78, 5) is 44.1. The highest BCUT2D eigenvalue weighted by Gasteiger charge is 2.43. The van der Waals surface area contributed by atoms with Gasteiger partial charge in [0.15, 0.2) is 0 Å². The third-order valence-electron chi connectivity index (χ3n) is 8.48. The topological polar surface area (TPSA) is 84.4 Å². The lowest BCUT2D eigenvalue weighted by molar-refractivity contribution is -0.137. The van der Waals surface area contributed by atoms with Gasteiger partial charge in [0.25, 0.3) is 0 Å². The number of carbonyl (C=O) groups excluding carboxylic acids is 2. The summed E-state index contributed by atoms with van der Waals surface area (Å²) in [6, 6.07) is 7.85. The van der Waals surface area contributed by atoms with Crippen molar-refractivity contribution in [2.24, 2.45) is 5.92 Å². The Labute approximate surface area is 250 Å². The average molecular weight is 658 g/mol. The van der Waals surface area contributed by atoms with Crippen LogP contribution in [-0.2, 0) is 11.0 Å². The molecule has 0 bridgehead atoms. The summed E-state index contributed by atoms with van der Waals surface area (Å²) in [6.07, 6.45) is -3.42. The number of likely N-dealkylation sites (N-methyl/N-ethyl adjacent to an activating group) is 1. The van der Waals surface area contributed by atoms with Crippen LogP contribution in [0.4, 0.5) is 32.8 Å². The molecule has 0 unspecified atom stereocenters. The highest BCUT2D eigenvalue weighted by Crippen LogP contribution is 2.37. The van der Waals surface area contributed by atoms with E-state index in [1.165, 1.54) is 42.1 Å². The van der Waals surface area contributed by atoms with Crippen molar-refractivity contribution in [2.75, 3.05) is 39.1 Å². The fourth-order valence-corrected chi connectivity index (χ4v) is 6.42. The molecule has 4 rings (SSSR count). The Morgan fingerprint density at radius 2 is 1.55 bits per heavy atom. The van der Waals surface area contributed by atoms with Crippen LogP contribution < -0.4 is 4.90 Å². The summed E-state index contributed by atoms with van der Waals surface area (Å²) in [7, 11) is 4.46. The molecule has 8 nitrogen and oxygen atoms in total. The Kier molecular flexibility index (Phi) is 9.39. The summed E-state index contributed by atoms with van der Waals surface area (Å²) in [5, 5.41) is 9.28. The Morgan fingerprint density at radius 1 is 0.929 bits per heavy atom. The minimum absolute atomic E-state index is 0.0425. The highest BCUT2D eigenvalue weighted by molar-refractivity contribution is 9.10. The van der Waals surface area contributed by atoms with Crippen LogP contribution in [0, 0.1) is 11.7 Å². The first-order valence-corrected chi connectivity index (χ1v) is 14.3. The second-order valence-corrected chi connectivity index (χ2v) is 11.9. The SMILES string of the molecule is CN(C(=O)N(C)[C@@H]1CN(C(=O)[C@H]2CC[C@H](N(C)C(=O)O)CC2)C[C@H]1c1ccc(F)cc1)c1cc(Br)cc(C(F)(F)F)c1. The maximum Gasteiger partial charge on any atom is 0.416 e. The molecule has 13 heteroatoms. The third-order valence-corrected chi connectivity index (χ3v) is 8.94. The number of halogens is 5. The molecule has 1 saturated carbocycles. The minimum Gasteiger partial charge on any atom is -0.465 e. The first kappa shape index (κ1) is 31.6. The van der Waals surface area contributed by atoms with Gasteiger partial charge in [-0.1, -0.05) is 28.1 Å². The average Bonchev–Trinajstić information content (AvgIpc) is 3.40. The van der Waals surface area contributed by atoms with Gasteiger partial charge in [0.05, 0.1) is 11.6 Å². The molecule has 2 atom stereocenters. The van der Waals surface area contributed by atoms with Crippen LogP contribution in [0.3, 0.4) is 0 Å². The summed E-state index contributed by atoms with van der Waals surface area (Å²) >= 11 is 3.09. The molecule has 4 amide bonds. The molecular formula is C29H33BrF4N4O4. The van der Waals surface area contributed by atoms with Gasteiger partial charge in [-0.2, -0.15) is 13.2 Å². The second kappa shape index (κ2) is 12.5. The molecule has 0 spiro atoms. The van der Waals surface area contributed by atoms with Crippen LogP contribution in [0.15, 0.2) is 46.9 Å². The molecule has 1 heterocycles. The first-order valence-electron chi connectivity index (χ1n) is 13.6. The predicted molar refractivity (Wildman–Crippen MR) is 152 cm³/mol. The van der Waals surface area contributed by atoms with Gasteiger partial charge in [-0.3, -0.25) is 9.69 Å². The van der Waals surface area contributed by atoms with Crippen LogP contribution in [-0.4, -0.2) is 84.2 Å². The Balaban J connectivity index is 1.54. The molecule has 0 radical (unpaired) electrons. The smallest absolute Gasteiger partial charge is 0.416 e. The number of urea groups is 1. The van der Waals surface area contributed by atoms with E-state index in [2.05, 4.69) is 15.9 Å². The number of nitrogens with zero attached hydrogens (tertiary/aromatic N) is 4. The molecule has 2 aromatic carbocycles. The number of amides is 4. The number of anilines is 1. The van der Waals surface area contributed by atoms with Crippen molar-refractivity contribution >= 4 is 39.6 Å². The van der Waals surface area contributed by atoms with Crippen LogP contribution in [0.25, 0.3) is 0 Å². The van der Waals surface area contributed by atoms with E-state index < -0.39 is 35.7 Å². The lowest BCUT2D eigenvalue weighted by Gasteiger charge is -2.34. The number of rotatable bonds is 5. The van der Waals surface area contributed by atoms with Gasteiger partial charge in [0, 0.05) is 62.3 Å². The highest BCUT2D eigenvalue weighted by atomic mass is 79.9. The van der Waals surface area contributed by atoms with Crippen molar-refractivity contribution in [3.8, 4) is 0 Å². The van der Waals surface area contributed by atoms with E-state index in [1.54, 1.807) is 24.1 Å². The summed E-state index contributed by atoms with van der Waals surface area (Å²) in [5.74, 6) is -1.16. The molecule has 2 aromatic rings. The van der Waals surface area contributed by atoms with Crippen LogP contribution in [0.1, 0.15) is 42.7 Å². The molecule has 2 fully saturated rings. The maximum atomic E-state index is 13.7. The van der Waals surface area contributed by atoms with Gasteiger partial charge in [0.1, 0.15) is 5.82 Å².